The quantitative estimate of drug-likeness (QED) is 0.920. The van der Waals surface area contributed by atoms with Gasteiger partial charge in [-0.15, -0.1) is 0 Å². The number of aromatic nitrogens is 4. The van der Waals surface area contributed by atoms with Gasteiger partial charge < -0.3 is 5.73 Å². The number of hydrogen-bond acceptors (Lipinski definition) is 5. The van der Waals surface area contributed by atoms with E-state index in [9.17, 15) is 0 Å². The zero-order valence-electron chi connectivity index (χ0n) is 10.4. The van der Waals surface area contributed by atoms with Gasteiger partial charge in [0.2, 0.25) is 0 Å². The fraction of sp³-hybridized carbons (Fsp3) is 0.385. The van der Waals surface area contributed by atoms with Gasteiger partial charge in [-0.3, -0.25) is 0 Å². The summed E-state index contributed by atoms with van der Waals surface area (Å²) in [6.45, 7) is 0. The molecular formula is C13H14BrN5. The molecule has 1 aliphatic carbocycles. The third-order valence-electron chi connectivity index (χ3n) is 3.41. The highest BCUT2D eigenvalue weighted by Gasteiger charge is 2.23. The normalized spacial score (nSPS) is 15.8. The van der Waals surface area contributed by atoms with Crippen LogP contribution in [0, 0.1) is 0 Å². The molecule has 0 saturated heterocycles. The highest BCUT2D eigenvalue weighted by molar-refractivity contribution is 9.10. The van der Waals surface area contributed by atoms with Gasteiger partial charge in [0.25, 0.3) is 0 Å². The highest BCUT2D eigenvalue weighted by Crippen LogP contribution is 2.38. The first kappa shape index (κ1) is 12.5. The minimum atomic E-state index is 0.458. The molecule has 0 bridgehead atoms. The van der Waals surface area contributed by atoms with E-state index in [4.69, 9.17) is 5.73 Å². The van der Waals surface area contributed by atoms with Crippen molar-refractivity contribution in [3.05, 3.63) is 28.6 Å². The highest BCUT2D eigenvalue weighted by atomic mass is 79.9. The molecule has 5 nitrogen and oxygen atoms in total. The Hall–Kier alpha value is -1.56. The van der Waals surface area contributed by atoms with Crippen LogP contribution in [-0.4, -0.2) is 19.9 Å². The molecule has 1 fully saturated rings. The molecule has 1 saturated carbocycles. The number of nitrogen functional groups attached to an aromatic ring is 1. The zero-order chi connectivity index (χ0) is 13.2. The van der Waals surface area contributed by atoms with Gasteiger partial charge in [-0.05, 0) is 34.8 Å². The zero-order valence-corrected chi connectivity index (χ0v) is 12.0. The summed E-state index contributed by atoms with van der Waals surface area (Å²) in [4.78, 5) is 17.3. The molecule has 98 valence electrons. The smallest absolute Gasteiger partial charge is 0.200 e. The van der Waals surface area contributed by atoms with Gasteiger partial charge in [0.1, 0.15) is 5.82 Å². The van der Waals surface area contributed by atoms with Crippen LogP contribution in [0.1, 0.15) is 37.3 Å². The SMILES string of the molecule is Nc1nc(-c2ncccn2)nc(C2CCCC2)c1Br. The molecule has 0 radical (unpaired) electrons. The molecule has 1 aliphatic rings. The van der Waals surface area contributed by atoms with Crippen LogP contribution in [0.4, 0.5) is 5.82 Å². The molecule has 19 heavy (non-hydrogen) atoms. The van der Waals surface area contributed by atoms with Crippen LogP contribution in [0.5, 0.6) is 0 Å². The van der Waals surface area contributed by atoms with Gasteiger partial charge in [0.05, 0.1) is 10.2 Å². The molecule has 0 unspecified atom stereocenters. The van der Waals surface area contributed by atoms with Crippen LogP contribution in [0.3, 0.4) is 0 Å². The van der Waals surface area contributed by atoms with Gasteiger partial charge in [-0.2, -0.15) is 0 Å². The topological polar surface area (TPSA) is 77.6 Å². The van der Waals surface area contributed by atoms with Crippen molar-refractivity contribution in [1.29, 1.82) is 0 Å². The third kappa shape index (κ3) is 2.45. The standard InChI is InChI=1S/C13H14BrN5/c14-9-10(8-4-1-2-5-8)18-13(19-11(9)15)12-16-6-3-7-17-12/h3,6-8H,1-2,4-5H2,(H2,15,18,19). The van der Waals surface area contributed by atoms with Crippen LogP contribution >= 0.6 is 15.9 Å². The van der Waals surface area contributed by atoms with Crippen molar-refractivity contribution in [2.75, 3.05) is 5.73 Å². The molecule has 2 aromatic heterocycles. The Bertz CT molecular complexity index is 581. The monoisotopic (exact) mass is 319 g/mol. The number of anilines is 1. The third-order valence-corrected chi connectivity index (χ3v) is 4.22. The maximum Gasteiger partial charge on any atom is 0.200 e. The Labute approximate surface area is 119 Å². The first-order valence-electron chi connectivity index (χ1n) is 6.36. The van der Waals surface area contributed by atoms with Crippen LogP contribution in [0.15, 0.2) is 22.9 Å². The van der Waals surface area contributed by atoms with Crippen LogP contribution in [-0.2, 0) is 0 Å². The van der Waals surface area contributed by atoms with Crippen molar-refractivity contribution in [3.8, 4) is 11.6 Å². The number of nitrogens with zero attached hydrogens (tertiary/aromatic N) is 4. The summed E-state index contributed by atoms with van der Waals surface area (Å²) in [5.74, 6) is 1.94. The van der Waals surface area contributed by atoms with Crippen molar-refractivity contribution in [2.45, 2.75) is 31.6 Å². The molecule has 2 aromatic rings. The first-order valence-corrected chi connectivity index (χ1v) is 7.15. The number of halogens is 1. The average molecular weight is 320 g/mol. The number of nitrogens with two attached hydrogens (primary N) is 1. The van der Waals surface area contributed by atoms with E-state index in [2.05, 4.69) is 35.9 Å². The van der Waals surface area contributed by atoms with E-state index in [0.29, 0.717) is 23.4 Å². The second-order valence-corrected chi connectivity index (χ2v) is 5.48. The van der Waals surface area contributed by atoms with E-state index in [1.54, 1.807) is 18.5 Å². The summed E-state index contributed by atoms with van der Waals surface area (Å²) in [7, 11) is 0. The molecule has 0 atom stereocenters. The summed E-state index contributed by atoms with van der Waals surface area (Å²) < 4.78 is 0.819. The Morgan fingerprint density at radius 1 is 1.05 bits per heavy atom. The second kappa shape index (κ2) is 5.21. The number of hydrogen-bond donors (Lipinski definition) is 1. The molecule has 2 N–H and O–H groups in total. The molecule has 0 amide bonds. The van der Waals surface area contributed by atoms with E-state index in [1.807, 2.05) is 0 Å². The van der Waals surface area contributed by atoms with Crippen molar-refractivity contribution in [1.82, 2.24) is 19.9 Å². The lowest BCUT2D eigenvalue weighted by Crippen LogP contribution is -2.07. The van der Waals surface area contributed by atoms with Crippen LogP contribution in [0.2, 0.25) is 0 Å². The van der Waals surface area contributed by atoms with Crippen LogP contribution in [0.25, 0.3) is 11.6 Å². The first-order chi connectivity index (χ1) is 9.25. The molecule has 2 heterocycles. The maximum atomic E-state index is 5.97. The Morgan fingerprint density at radius 2 is 1.74 bits per heavy atom. The average Bonchev–Trinajstić information content (AvgIpc) is 2.96. The summed E-state index contributed by atoms with van der Waals surface area (Å²) >= 11 is 3.51. The number of rotatable bonds is 2. The van der Waals surface area contributed by atoms with E-state index >= 15 is 0 Å². The molecule has 3 rings (SSSR count). The summed E-state index contributed by atoms with van der Waals surface area (Å²) in [6, 6.07) is 1.77. The van der Waals surface area contributed by atoms with Crippen molar-refractivity contribution < 1.29 is 0 Å². The fourth-order valence-corrected chi connectivity index (χ4v) is 2.97. The molecule has 6 heteroatoms. The maximum absolute atomic E-state index is 5.97. The van der Waals surface area contributed by atoms with E-state index < -0.39 is 0 Å². The van der Waals surface area contributed by atoms with Crippen molar-refractivity contribution in [2.24, 2.45) is 0 Å². The van der Waals surface area contributed by atoms with Gasteiger partial charge in [0, 0.05) is 18.3 Å². The lowest BCUT2D eigenvalue weighted by Gasteiger charge is -2.13. The van der Waals surface area contributed by atoms with Gasteiger partial charge in [-0.25, -0.2) is 19.9 Å². The second-order valence-electron chi connectivity index (χ2n) is 4.69. The molecule has 0 aliphatic heterocycles. The Balaban J connectivity index is 2.07. The van der Waals surface area contributed by atoms with E-state index in [-0.39, 0.29) is 0 Å². The summed E-state index contributed by atoms with van der Waals surface area (Å²) in [5, 5.41) is 0. The Morgan fingerprint density at radius 3 is 2.42 bits per heavy atom. The molecule has 0 spiro atoms. The van der Waals surface area contributed by atoms with Crippen LogP contribution < -0.4 is 5.73 Å². The molecule has 0 aromatic carbocycles. The van der Waals surface area contributed by atoms with E-state index in [0.717, 1.165) is 23.0 Å². The Kier molecular flexibility index (Phi) is 3.42. The minimum absolute atomic E-state index is 0.458. The largest absolute Gasteiger partial charge is 0.383 e. The molecular weight excluding hydrogens is 306 g/mol. The fourth-order valence-electron chi connectivity index (χ4n) is 2.47. The van der Waals surface area contributed by atoms with Gasteiger partial charge >= 0.3 is 0 Å². The predicted octanol–water partition coefficient (Wildman–Crippen LogP) is 2.94. The minimum Gasteiger partial charge on any atom is -0.383 e. The van der Waals surface area contributed by atoms with Gasteiger partial charge in [0.15, 0.2) is 11.6 Å². The summed E-state index contributed by atoms with van der Waals surface area (Å²) in [6.07, 6.45) is 8.17. The van der Waals surface area contributed by atoms with Crippen molar-refractivity contribution in [3.63, 3.8) is 0 Å². The van der Waals surface area contributed by atoms with Gasteiger partial charge in [-0.1, -0.05) is 12.8 Å². The lowest BCUT2D eigenvalue weighted by molar-refractivity contribution is 0.691. The van der Waals surface area contributed by atoms with Crippen molar-refractivity contribution >= 4 is 21.7 Å². The lowest BCUT2D eigenvalue weighted by atomic mass is 10.0. The van der Waals surface area contributed by atoms with E-state index in [1.165, 1.54) is 12.8 Å². The summed E-state index contributed by atoms with van der Waals surface area (Å²) in [5.41, 5.74) is 6.97. The predicted molar refractivity (Wildman–Crippen MR) is 76.4 cm³/mol.